The van der Waals surface area contributed by atoms with Crippen molar-refractivity contribution in [1.82, 2.24) is 4.90 Å². The van der Waals surface area contributed by atoms with Crippen molar-refractivity contribution >= 4 is 5.91 Å². The van der Waals surface area contributed by atoms with Gasteiger partial charge in [0.15, 0.2) is 11.6 Å². The molecule has 0 bridgehead atoms. The zero-order valence-electron chi connectivity index (χ0n) is 11.5. The highest BCUT2D eigenvalue weighted by atomic mass is 19.2. The summed E-state index contributed by atoms with van der Waals surface area (Å²) in [6, 6.07) is 3.41. The highest BCUT2D eigenvalue weighted by Crippen LogP contribution is 2.13. The summed E-state index contributed by atoms with van der Waals surface area (Å²) in [5, 5.41) is 0. The van der Waals surface area contributed by atoms with E-state index < -0.39 is 11.6 Å². The fourth-order valence-corrected chi connectivity index (χ4v) is 1.72. The number of carbonyl (C=O) groups is 1. The molecule has 1 aromatic carbocycles. The SMILES string of the molecule is CCN(Cc1ccc(F)c(F)c1)C(=O)C(C)C(C)N. The Balaban J connectivity index is 2.81. The summed E-state index contributed by atoms with van der Waals surface area (Å²) < 4.78 is 26.0. The average Bonchev–Trinajstić information content (AvgIpc) is 2.38. The van der Waals surface area contributed by atoms with Gasteiger partial charge in [-0.2, -0.15) is 0 Å². The van der Waals surface area contributed by atoms with Crippen LogP contribution in [-0.4, -0.2) is 23.4 Å². The van der Waals surface area contributed by atoms with Gasteiger partial charge in [0.1, 0.15) is 0 Å². The van der Waals surface area contributed by atoms with Crippen LogP contribution in [0.2, 0.25) is 0 Å². The van der Waals surface area contributed by atoms with Crippen LogP contribution >= 0.6 is 0 Å². The number of rotatable bonds is 5. The second-order valence-electron chi connectivity index (χ2n) is 4.75. The van der Waals surface area contributed by atoms with Crippen molar-refractivity contribution in [2.45, 2.75) is 33.4 Å². The third-order valence-corrected chi connectivity index (χ3v) is 3.23. The first-order valence-corrected chi connectivity index (χ1v) is 6.35. The molecule has 1 amide bonds. The van der Waals surface area contributed by atoms with Crippen LogP contribution in [0.5, 0.6) is 0 Å². The number of amides is 1. The Hall–Kier alpha value is -1.49. The van der Waals surface area contributed by atoms with Gasteiger partial charge in [-0.25, -0.2) is 8.78 Å². The van der Waals surface area contributed by atoms with Gasteiger partial charge in [0.05, 0.1) is 5.92 Å². The van der Waals surface area contributed by atoms with Crippen LogP contribution in [0.15, 0.2) is 18.2 Å². The molecule has 5 heteroatoms. The van der Waals surface area contributed by atoms with Crippen molar-refractivity contribution in [3.63, 3.8) is 0 Å². The lowest BCUT2D eigenvalue weighted by Crippen LogP contribution is -2.41. The van der Waals surface area contributed by atoms with E-state index in [4.69, 9.17) is 5.73 Å². The van der Waals surface area contributed by atoms with Gasteiger partial charge in [0.25, 0.3) is 0 Å². The third kappa shape index (κ3) is 3.99. The lowest BCUT2D eigenvalue weighted by Gasteiger charge is -2.26. The summed E-state index contributed by atoms with van der Waals surface area (Å²) in [5.41, 5.74) is 6.27. The van der Waals surface area contributed by atoms with Crippen LogP contribution in [0.3, 0.4) is 0 Å². The number of halogens is 2. The molecule has 0 saturated carbocycles. The molecule has 0 aliphatic carbocycles. The second-order valence-corrected chi connectivity index (χ2v) is 4.75. The zero-order chi connectivity index (χ0) is 14.6. The van der Waals surface area contributed by atoms with Crippen LogP contribution in [0, 0.1) is 17.6 Å². The van der Waals surface area contributed by atoms with Crippen LogP contribution in [0.4, 0.5) is 8.78 Å². The summed E-state index contributed by atoms with van der Waals surface area (Å²) in [6.07, 6.45) is 0. The Morgan fingerprint density at radius 3 is 2.42 bits per heavy atom. The van der Waals surface area contributed by atoms with Gasteiger partial charge >= 0.3 is 0 Å². The van der Waals surface area contributed by atoms with E-state index in [-0.39, 0.29) is 24.4 Å². The molecule has 19 heavy (non-hydrogen) atoms. The molecule has 106 valence electrons. The summed E-state index contributed by atoms with van der Waals surface area (Å²) in [5.74, 6) is -2.17. The minimum Gasteiger partial charge on any atom is -0.338 e. The van der Waals surface area contributed by atoms with Gasteiger partial charge in [-0.3, -0.25) is 4.79 Å². The molecule has 0 heterocycles. The summed E-state index contributed by atoms with van der Waals surface area (Å²) in [7, 11) is 0. The maximum absolute atomic E-state index is 13.1. The molecular formula is C14H20F2N2O. The van der Waals surface area contributed by atoms with Crippen molar-refractivity contribution in [2.75, 3.05) is 6.54 Å². The van der Waals surface area contributed by atoms with E-state index in [1.54, 1.807) is 18.7 Å². The Morgan fingerprint density at radius 1 is 1.32 bits per heavy atom. The molecule has 0 aliphatic rings. The first-order chi connectivity index (χ1) is 8.86. The van der Waals surface area contributed by atoms with Gasteiger partial charge < -0.3 is 10.6 Å². The van der Waals surface area contributed by atoms with E-state index in [0.717, 1.165) is 12.1 Å². The molecule has 2 atom stereocenters. The molecule has 2 N–H and O–H groups in total. The minimum atomic E-state index is -0.902. The van der Waals surface area contributed by atoms with E-state index in [1.165, 1.54) is 6.07 Å². The smallest absolute Gasteiger partial charge is 0.227 e. The molecule has 0 spiro atoms. The first-order valence-electron chi connectivity index (χ1n) is 6.35. The maximum Gasteiger partial charge on any atom is 0.227 e. The maximum atomic E-state index is 13.1. The number of hydrogen-bond donors (Lipinski definition) is 1. The predicted molar refractivity (Wildman–Crippen MR) is 70.3 cm³/mol. The largest absolute Gasteiger partial charge is 0.338 e. The number of nitrogens with zero attached hydrogens (tertiary/aromatic N) is 1. The van der Waals surface area contributed by atoms with Crippen molar-refractivity contribution in [2.24, 2.45) is 11.7 Å². The summed E-state index contributed by atoms with van der Waals surface area (Å²) in [4.78, 5) is 13.7. The third-order valence-electron chi connectivity index (χ3n) is 3.23. The fourth-order valence-electron chi connectivity index (χ4n) is 1.72. The van der Waals surface area contributed by atoms with E-state index in [0.29, 0.717) is 12.1 Å². The van der Waals surface area contributed by atoms with Crippen molar-refractivity contribution in [1.29, 1.82) is 0 Å². The minimum absolute atomic E-state index is 0.0813. The monoisotopic (exact) mass is 270 g/mol. The lowest BCUT2D eigenvalue weighted by molar-refractivity contribution is -0.135. The Morgan fingerprint density at radius 2 is 1.95 bits per heavy atom. The quantitative estimate of drug-likeness (QED) is 0.892. The molecule has 1 aromatic rings. The van der Waals surface area contributed by atoms with E-state index in [9.17, 15) is 13.6 Å². The van der Waals surface area contributed by atoms with Gasteiger partial charge in [0, 0.05) is 19.1 Å². The second kappa shape index (κ2) is 6.61. The molecule has 0 saturated heterocycles. The Labute approximate surface area is 112 Å². The highest BCUT2D eigenvalue weighted by molar-refractivity contribution is 5.79. The van der Waals surface area contributed by atoms with Gasteiger partial charge in [-0.1, -0.05) is 13.0 Å². The normalized spacial score (nSPS) is 14.0. The summed E-state index contributed by atoms with van der Waals surface area (Å²) >= 11 is 0. The van der Waals surface area contributed by atoms with E-state index in [2.05, 4.69) is 0 Å². The molecule has 0 radical (unpaired) electrons. The molecular weight excluding hydrogens is 250 g/mol. The van der Waals surface area contributed by atoms with Crippen LogP contribution in [-0.2, 0) is 11.3 Å². The number of benzene rings is 1. The number of carbonyl (C=O) groups excluding carboxylic acids is 1. The number of nitrogens with two attached hydrogens (primary N) is 1. The number of hydrogen-bond acceptors (Lipinski definition) is 2. The topological polar surface area (TPSA) is 46.3 Å². The van der Waals surface area contributed by atoms with Gasteiger partial charge in [-0.05, 0) is 31.5 Å². The zero-order valence-corrected chi connectivity index (χ0v) is 11.5. The molecule has 0 aromatic heterocycles. The van der Waals surface area contributed by atoms with Gasteiger partial charge in [0.2, 0.25) is 5.91 Å². The fraction of sp³-hybridized carbons (Fsp3) is 0.500. The highest BCUT2D eigenvalue weighted by Gasteiger charge is 2.22. The van der Waals surface area contributed by atoms with Crippen molar-refractivity contribution < 1.29 is 13.6 Å². The van der Waals surface area contributed by atoms with E-state index in [1.807, 2.05) is 6.92 Å². The summed E-state index contributed by atoms with van der Waals surface area (Å²) in [6.45, 7) is 6.12. The molecule has 2 unspecified atom stereocenters. The molecule has 3 nitrogen and oxygen atoms in total. The van der Waals surface area contributed by atoms with Crippen molar-refractivity contribution in [3.8, 4) is 0 Å². The molecule has 1 rings (SSSR count). The lowest BCUT2D eigenvalue weighted by atomic mass is 10.0. The standard InChI is InChI=1S/C14H20F2N2O/c1-4-18(14(19)9(2)10(3)17)8-11-5-6-12(15)13(16)7-11/h5-7,9-10H,4,8,17H2,1-3H3. The van der Waals surface area contributed by atoms with Crippen molar-refractivity contribution in [3.05, 3.63) is 35.4 Å². The average molecular weight is 270 g/mol. The van der Waals surface area contributed by atoms with E-state index >= 15 is 0 Å². The van der Waals surface area contributed by atoms with Crippen LogP contribution < -0.4 is 5.73 Å². The molecule has 0 aliphatic heterocycles. The van der Waals surface area contributed by atoms with Crippen LogP contribution in [0.1, 0.15) is 26.3 Å². The van der Waals surface area contributed by atoms with Gasteiger partial charge in [-0.15, -0.1) is 0 Å². The first kappa shape index (κ1) is 15.6. The van der Waals surface area contributed by atoms with Crippen LogP contribution in [0.25, 0.3) is 0 Å². The molecule has 0 fully saturated rings. The Kier molecular flexibility index (Phi) is 5.42. The Bertz CT molecular complexity index is 449. The predicted octanol–water partition coefficient (Wildman–Crippen LogP) is 2.30.